The molecule has 0 heterocycles. The van der Waals surface area contributed by atoms with Crippen molar-refractivity contribution in [1.82, 2.24) is 10.6 Å². The second kappa shape index (κ2) is 5.32. The Morgan fingerprint density at radius 3 is 2.38 bits per heavy atom. The number of carbonyl (C=O) groups is 2. The number of carbonyl (C=O) groups excluding carboxylic acids is 2. The molecule has 2 fully saturated rings. The molecule has 0 atom stereocenters. The Kier molecular flexibility index (Phi) is 3.80. The van der Waals surface area contributed by atoms with Crippen molar-refractivity contribution in [2.45, 2.75) is 44.6 Å². The lowest BCUT2D eigenvalue weighted by Crippen LogP contribution is -2.35. The summed E-state index contributed by atoms with van der Waals surface area (Å²) in [5, 5.41) is 5.79. The Hall–Kier alpha value is -1.06. The molecule has 2 rings (SSSR count). The van der Waals surface area contributed by atoms with Gasteiger partial charge in [-0.25, -0.2) is 0 Å². The number of amides is 2. The fraction of sp³-hybridized carbons (Fsp3) is 0.833. The third kappa shape index (κ3) is 3.22. The zero-order valence-electron chi connectivity index (χ0n) is 9.58. The predicted octanol–water partition coefficient (Wildman–Crippen LogP) is 0.817. The van der Waals surface area contributed by atoms with Crippen LogP contribution in [0, 0.1) is 11.8 Å². The Bertz CT molecular complexity index is 256. The molecule has 16 heavy (non-hydrogen) atoms. The van der Waals surface area contributed by atoms with Crippen molar-refractivity contribution < 1.29 is 9.59 Å². The van der Waals surface area contributed by atoms with Gasteiger partial charge in [0.1, 0.15) is 0 Å². The van der Waals surface area contributed by atoms with Gasteiger partial charge in [-0.1, -0.05) is 0 Å². The molecule has 2 aliphatic rings. The molecule has 0 unspecified atom stereocenters. The van der Waals surface area contributed by atoms with Gasteiger partial charge in [-0.05, 0) is 44.4 Å². The van der Waals surface area contributed by atoms with Gasteiger partial charge in [0.25, 0.3) is 0 Å². The van der Waals surface area contributed by atoms with Crippen LogP contribution in [0.3, 0.4) is 0 Å². The maximum absolute atomic E-state index is 11.8. The first kappa shape index (κ1) is 11.4. The summed E-state index contributed by atoms with van der Waals surface area (Å²) in [4.78, 5) is 22.0. The van der Waals surface area contributed by atoms with Crippen LogP contribution in [-0.2, 0) is 9.59 Å². The molecule has 4 heteroatoms. The number of hydrogen-bond acceptors (Lipinski definition) is 2. The lowest BCUT2D eigenvalue weighted by Gasteiger charge is -2.27. The van der Waals surface area contributed by atoms with E-state index in [-0.39, 0.29) is 11.8 Å². The van der Waals surface area contributed by atoms with Gasteiger partial charge in [-0.3, -0.25) is 9.59 Å². The third-order valence-electron chi connectivity index (χ3n) is 3.63. The molecule has 0 aromatic heterocycles. The van der Waals surface area contributed by atoms with Crippen molar-refractivity contribution in [2.75, 3.05) is 6.54 Å². The van der Waals surface area contributed by atoms with Crippen molar-refractivity contribution in [3.8, 4) is 0 Å². The van der Waals surface area contributed by atoms with Gasteiger partial charge in [0.15, 0.2) is 0 Å². The van der Waals surface area contributed by atoms with Crippen molar-refractivity contribution in [3.63, 3.8) is 0 Å². The van der Waals surface area contributed by atoms with Gasteiger partial charge in [0, 0.05) is 18.5 Å². The normalized spacial score (nSPS) is 29.5. The van der Waals surface area contributed by atoms with Crippen molar-refractivity contribution in [2.24, 2.45) is 11.8 Å². The van der Waals surface area contributed by atoms with Crippen molar-refractivity contribution in [3.05, 3.63) is 0 Å². The van der Waals surface area contributed by atoms with E-state index in [1.54, 1.807) is 0 Å². The minimum Gasteiger partial charge on any atom is -0.358 e. The van der Waals surface area contributed by atoms with E-state index in [4.69, 9.17) is 0 Å². The number of nitrogens with one attached hydrogen (secondary N) is 2. The summed E-state index contributed by atoms with van der Waals surface area (Å²) in [5.74, 6) is 1.03. The largest absolute Gasteiger partial charge is 0.358 e. The standard InChI is InChI=1S/C12H20N2O2/c15-8-13-7-9-1-3-10(4-2-9)12(16)14-11-5-6-11/h8-11H,1-7H2,(H,13,15)(H,14,16). The third-order valence-corrected chi connectivity index (χ3v) is 3.63. The first-order chi connectivity index (χ1) is 7.79. The topological polar surface area (TPSA) is 58.2 Å². The zero-order valence-corrected chi connectivity index (χ0v) is 9.58. The molecule has 2 aliphatic carbocycles. The van der Waals surface area contributed by atoms with Gasteiger partial charge < -0.3 is 10.6 Å². The van der Waals surface area contributed by atoms with Crippen LogP contribution in [0.1, 0.15) is 38.5 Å². The summed E-state index contributed by atoms with van der Waals surface area (Å²) >= 11 is 0. The van der Waals surface area contributed by atoms with E-state index in [1.807, 2.05) is 0 Å². The molecule has 0 radical (unpaired) electrons. The van der Waals surface area contributed by atoms with E-state index in [9.17, 15) is 9.59 Å². The fourth-order valence-corrected chi connectivity index (χ4v) is 2.39. The smallest absolute Gasteiger partial charge is 0.223 e. The van der Waals surface area contributed by atoms with E-state index < -0.39 is 0 Å². The highest BCUT2D eigenvalue weighted by Crippen LogP contribution is 2.29. The Balaban J connectivity index is 1.67. The van der Waals surface area contributed by atoms with Crippen LogP contribution in [0.4, 0.5) is 0 Å². The van der Waals surface area contributed by atoms with Crippen molar-refractivity contribution in [1.29, 1.82) is 0 Å². The minimum absolute atomic E-state index is 0.216. The average Bonchev–Trinajstić information content (AvgIpc) is 3.11. The summed E-state index contributed by atoms with van der Waals surface area (Å²) in [6, 6.07) is 0.474. The highest BCUT2D eigenvalue weighted by atomic mass is 16.2. The summed E-state index contributed by atoms with van der Waals surface area (Å²) in [5.41, 5.74) is 0. The first-order valence-electron chi connectivity index (χ1n) is 6.27. The summed E-state index contributed by atoms with van der Waals surface area (Å²) in [7, 11) is 0. The van der Waals surface area contributed by atoms with E-state index in [1.165, 1.54) is 0 Å². The Morgan fingerprint density at radius 1 is 1.12 bits per heavy atom. The molecule has 2 N–H and O–H groups in total. The Morgan fingerprint density at radius 2 is 1.81 bits per heavy atom. The molecular weight excluding hydrogens is 204 g/mol. The first-order valence-corrected chi connectivity index (χ1v) is 6.27. The lowest BCUT2D eigenvalue weighted by atomic mass is 9.81. The molecule has 90 valence electrons. The van der Waals surface area contributed by atoms with Gasteiger partial charge >= 0.3 is 0 Å². The second-order valence-corrected chi connectivity index (χ2v) is 5.03. The van der Waals surface area contributed by atoms with Gasteiger partial charge in [-0.2, -0.15) is 0 Å². The van der Waals surface area contributed by atoms with Crippen LogP contribution >= 0.6 is 0 Å². The van der Waals surface area contributed by atoms with Crippen LogP contribution < -0.4 is 10.6 Å². The average molecular weight is 224 g/mol. The van der Waals surface area contributed by atoms with Gasteiger partial charge in [-0.15, -0.1) is 0 Å². The zero-order chi connectivity index (χ0) is 11.4. The van der Waals surface area contributed by atoms with E-state index >= 15 is 0 Å². The van der Waals surface area contributed by atoms with Crippen LogP contribution in [0.2, 0.25) is 0 Å². The molecule has 4 nitrogen and oxygen atoms in total. The number of rotatable bonds is 5. The molecule has 0 aromatic carbocycles. The summed E-state index contributed by atoms with van der Waals surface area (Å²) in [6.45, 7) is 0.764. The van der Waals surface area contributed by atoms with Gasteiger partial charge in [0.2, 0.25) is 12.3 Å². The van der Waals surface area contributed by atoms with Crippen LogP contribution in [-0.4, -0.2) is 24.9 Å². The van der Waals surface area contributed by atoms with Crippen LogP contribution in [0.5, 0.6) is 0 Å². The fourth-order valence-electron chi connectivity index (χ4n) is 2.39. The maximum atomic E-state index is 11.8. The highest BCUT2D eigenvalue weighted by Gasteiger charge is 2.30. The second-order valence-electron chi connectivity index (χ2n) is 5.03. The molecule has 0 spiro atoms. The predicted molar refractivity (Wildman–Crippen MR) is 60.7 cm³/mol. The Labute approximate surface area is 96.2 Å². The van der Waals surface area contributed by atoms with Gasteiger partial charge in [0.05, 0.1) is 0 Å². The molecule has 0 aromatic rings. The minimum atomic E-state index is 0.216. The lowest BCUT2D eigenvalue weighted by molar-refractivity contribution is -0.126. The molecule has 0 bridgehead atoms. The molecule has 0 saturated heterocycles. The maximum Gasteiger partial charge on any atom is 0.223 e. The molecular formula is C12H20N2O2. The molecule has 2 saturated carbocycles. The van der Waals surface area contributed by atoms with Crippen LogP contribution in [0.15, 0.2) is 0 Å². The van der Waals surface area contributed by atoms with Crippen molar-refractivity contribution >= 4 is 12.3 Å². The van der Waals surface area contributed by atoms with E-state index in [0.717, 1.165) is 51.5 Å². The van der Waals surface area contributed by atoms with E-state index in [0.29, 0.717) is 12.0 Å². The monoisotopic (exact) mass is 224 g/mol. The molecule has 0 aliphatic heterocycles. The van der Waals surface area contributed by atoms with Crippen LogP contribution in [0.25, 0.3) is 0 Å². The highest BCUT2D eigenvalue weighted by molar-refractivity contribution is 5.79. The van der Waals surface area contributed by atoms with E-state index in [2.05, 4.69) is 10.6 Å². The summed E-state index contributed by atoms with van der Waals surface area (Å²) in [6.07, 6.45) is 7.14. The SMILES string of the molecule is O=CNCC1CCC(C(=O)NC2CC2)CC1. The molecule has 2 amide bonds. The summed E-state index contributed by atoms with van der Waals surface area (Å²) < 4.78 is 0. The number of hydrogen-bond donors (Lipinski definition) is 2. The quantitative estimate of drug-likeness (QED) is 0.679.